The molecule has 2 rings (SSSR count). The number of nitrogens with zero attached hydrogens (tertiary/aromatic N) is 2. The molecule has 1 heterocycles. The van der Waals surface area contributed by atoms with Crippen molar-refractivity contribution in [2.75, 3.05) is 13.2 Å². The van der Waals surface area contributed by atoms with E-state index in [2.05, 4.69) is 28.9 Å². The number of aliphatic hydroxyl groups excluding tert-OH is 1. The minimum absolute atomic E-state index is 0.238. The van der Waals surface area contributed by atoms with Gasteiger partial charge in [-0.05, 0) is 31.4 Å². The lowest BCUT2D eigenvalue weighted by atomic mass is 9.94. The van der Waals surface area contributed by atoms with Crippen LogP contribution in [0.1, 0.15) is 43.4 Å². The molecule has 100 valence electrons. The summed E-state index contributed by atoms with van der Waals surface area (Å²) in [5.41, 5.74) is 2.31. The van der Waals surface area contributed by atoms with Gasteiger partial charge in [0.2, 0.25) is 0 Å². The van der Waals surface area contributed by atoms with Gasteiger partial charge in [-0.1, -0.05) is 25.3 Å². The molecule has 0 bridgehead atoms. The molecule has 0 amide bonds. The van der Waals surface area contributed by atoms with E-state index in [1.54, 1.807) is 0 Å². The van der Waals surface area contributed by atoms with E-state index < -0.39 is 0 Å². The van der Waals surface area contributed by atoms with Crippen LogP contribution in [0.25, 0.3) is 0 Å². The molecule has 0 saturated heterocycles. The Kier molecular flexibility index (Phi) is 5.14. The fourth-order valence-corrected chi connectivity index (χ4v) is 2.77. The van der Waals surface area contributed by atoms with Gasteiger partial charge in [0, 0.05) is 25.3 Å². The van der Waals surface area contributed by atoms with Crippen molar-refractivity contribution in [2.24, 2.45) is 0 Å². The molecule has 3 heteroatoms. The summed E-state index contributed by atoms with van der Waals surface area (Å²) >= 11 is 0. The highest BCUT2D eigenvalue weighted by Crippen LogP contribution is 2.23. The van der Waals surface area contributed by atoms with Crippen molar-refractivity contribution >= 4 is 0 Å². The summed E-state index contributed by atoms with van der Waals surface area (Å²) in [6, 6.07) is 4.84. The van der Waals surface area contributed by atoms with Crippen LogP contribution in [-0.2, 0) is 6.54 Å². The Labute approximate surface area is 110 Å². The highest BCUT2D eigenvalue weighted by molar-refractivity contribution is 5.12. The normalized spacial score (nSPS) is 17.3. The number of hydrogen-bond donors (Lipinski definition) is 1. The van der Waals surface area contributed by atoms with Crippen LogP contribution in [0, 0.1) is 6.92 Å². The molecule has 1 saturated carbocycles. The Hall–Kier alpha value is -0.930. The second-order valence-electron chi connectivity index (χ2n) is 5.31. The van der Waals surface area contributed by atoms with Crippen molar-refractivity contribution in [3.63, 3.8) is 0 Å². The Balaban J connectivity index is 1.98. The topological polar surface area (TPSA) is 36.4 Å². The fraction of sp³-hybridized carbons (Fsp3) is 0.667. The van der Waals surface area contributed by atoms with Gasteiger partial charge in [0.25, 0.3) is 0 Å². The van der Waals surface area contributed by atoms with E-state index >= 15 is 0 Å². The van der Waals surface area contributed by atoms with Crippen LogP contribution >= 0.6 is 0 Å². The lowest BCUT2D eigenvalue weighted by Crippen LogP contribution is -2.38. The third kappa shape index (κ3) is 3.79. The van der Waals surface area contributed by atoms with Gasteiger partial charge in [-0.2, -0.15) is 0 Å². The summed E-state index contributed by atoms with van der Waals surface area (Å²) in [6.07, 6.45) is 8.49. The second kappa shape index (κ2) is 6.86. The van der Waals surface area contributed by atoms with Crippen LogP contribution in [0.15, 0.2) is 18.3 Å². The van der Waals surface area contributed by atoms with Crippen LogP contribution in [0.4, 0.5) is 0 Å². The molecule has 1 fully saturated rings. The van der Waals surface area contributed by atoms with Crippen molar-refractivity contribution in [3.8, 4) is 0 Å². The monoisotopic (exact) mass is 248 g/mol. The predicted molar refractivity (Wildman–Crippen MR) is 73.3 cm³/mol. The van der Waals surface area contributed by atoms with Gasteiger partial charge in [0.1, 0.15) is 0 Å². The highest BCUT2D eigenvalue weighted by Gasteiger charge is 2.20. The number of pyridine rings is 1. The molecule has 0 aliphatic heterocycles. The van der Waals surface area contributed by atoms with E-state index in [0.717, 1.165) is 18.8 Å². The number of aryl methyl sites for hydroxylation is 1. The molecule has 18 heavy (non-hydrogen) atoms. The molecule has 1 aromatic rings. The van der Waals surface area contributed by atoms with Gasteiger partial charge in [0.05, 0.1) is 12.3 Å². The Morgan fingerprint density at radius 3 is 2.67 bits per heavy atom. The largest absolute Gasteiger partial charge is 0.395 e. The maximum atomic E-state index is 9.23. The molecule has 1 aliphatic rings. The molecule has 3 nitrogen and oxygen atoms in total. The van der Waals surface area contributed by atoms with Crippen LogP contribution < -0.4 is 0 Å². The predicted octanol–water partition coefficient (Wildman–Crippen LogP) is 2.52. The molecule has 0 atom stereocenters. The fourth-order valence-electron chi connectivity index (χ4n) is 2.77. The van der Waals surface area contributed by atoms with E-state index in [0.29, 0.717) is 6.04 Å². The zero-order valence-electron chi connectivity index (χ0n) is 11.3. The maximum Gasteiger partial charge on any atom is 0.0558 e. The van der Waals surface area contributed by atoms with Crippen LogP contribution in [0.2, 0.25) is 0 Å². The van der Waals surface area contributed by atoms with E-state index in [4.69, 9.17) is 0 Å². The quantitative estimate of drug-likeness (QED) is 0.870. The lowest BCUT2D eigenvalue weighted by Gasteiger charge is -2.33. The molecular formula is C15H24N2O. The third-order valence-electron chi connectivity index (χ3n) is 3.82. The molecule has 1 aromatic heterocycles. The summed E-state index contributed by atoms with van der Waals surface area (Å²) in [7, 11) is 0. The van der Waals surface area contributed by atoms with Gasteiger partial charge in [-0.3, -0.25) is 9.88 Å². The Morgan fingerprint density at radius 1 is 1.28 bits per heavy atom. The first-order chi connectivity index (χ1) is 8.79. The Morgan fingerprint density at radius 2 is 2.06 bits per heavy atom. The standard InChI is InChI=1S/C15H24N2O/c1-13-7-8-14(16-11-13)12-17(9-10-18)15-5-3-2-4-6-15/h7-8,11,15,18H,2-6,9-10,12H2,1H3. The zero-order valence-corrected chi connectivity index (χ0v) is 11.3. The van der Waals surface area contributed by atoms with E-state index in [9.17, 15) is 5.11 Å². The number of hydrogen-bond acceptors (Lipinski definition) is 3. The number of rotatable bonds is 5. The van der Waals surface area contributed by atoms with Crippen molar-refractivity contribution in [1.82, 2.24) is 9.88 Å². The summed E-state index contributed by atoms with van der Waals surface area (Å²) in [6.45, 7) is 3.93. The van der Waals surface area contributed by atoms with Crippen molar-refractivity contribution < 1.29 is 5.11 Å². The molecule has 1 aliphatic carbocycles. The van der Waals surface area contributed by atoms with Gasteiger partial charge in [-0.15, -0.1) is 0 Å². The molecule has 1 N–H and O–H groups in total. The minimum atomic E-state index is 0.238. The molecule has 0 spiro atoms. The molecule has 0 radical (unpaired) electrons. The van der Waals surface area contributed by atoms with Crippen molar-refractivity contribution in [3.05, 3.63) is 29.6 Å². The Bertz CT molecular complexity index is 344. The van der Waals surface area contributed by atoms with E-state index in [1.165, 1.54) is 37.7 Å². The number of aliphatic hydroxyl groups is 1. The molecule has 0 unspecified atom stereocenters. The summed E-state index contributed by atoms with van der Waals surface area (Å²) in [4.78, 5) is 6.87. The molecular weight excluding hydrogens is 224 g/mol. The lowest BCUT2D eigenvalue weighted by molar-refractivity contribution is 0.116. The summed E-state index contributed by atoms with van der Waals surface area (Å²) < 4.78 is 0. The zero-order chi connectivity index (χ0) is 12.8. The van der Waals surface area contributed by atoms with Crippen molar-refractivity contribution in [1.29, 1.82) is 0 Å². The van der Waals surface area contributed by atoms with E-state index in [1.807, 2.05) is 6.20 Å². The van der Waals surface area contributed by atoms with E-state index in [-0.39, 0.29) is 6.61 Å². The average molecular weight is 248 g/mol. The van der Waals surface area contributed by atoms with Gasteiger partial charge < -0.3 is 5.11 Å². The summed E-state index contributed by atoms with van der Waals surface area (Å²) in [5.74, 6) is 0. The van der Waals surface area contributed by atoms with Gasteiger partial charge >= 0.3 is 0 Å². The van der Waals surface area contributed by atoms with Gasteiger partial charge in [-0.25, -0.2) is 0 Å². The maximum absolute atomic E-state index is 9.23. The first-order valence-electron chi connectivity index (χ1n) is 7.06. The first-order valence-corrected chi connectivity index (χ1v) is 7.06. The van der Waals surface area contributed by atoms with Crippen LogP contribution in [-0.4, -0.2) is 34.2 Å². The van der Waals surface area contributed by atoms with Crippen LogP contribution in [0.3, 0.4) is 0 Å². The highest BCUT2D eigenvalue weighted by atomic mass is 16.3. The smallest absolute Gasteiger partial charge is 0.0558 e. The van der Waals surface area contributed by atoms with Crippen molar-refractivity contribution in [2.45, 2.75) is 51.6 Å². The average Bonchev–Trinajstić information content (AvgIpc) is 2.42. The number of aromatic nitrogens is 1. The molecule has 0 aromatic carbocycles. The summed E-state index contributed by atoms with van der Waals surface area (Å²) in [5, 5.41) is 9.23. The van der Waals surface area contributed by atoms with Crippen LogP contribution in [0.5, 0.6) is 0 Å². The third-order valence-corrected chi connectivity index (χ3v) is 3.82. The first kappa shape index (κ1) is 13.5. The second-order valence-corrected chi connectivity index (χ2v) is 5.31. The van der Waals surface area contributed by atoms with Gasteiger partial charge in [0.15, 0.2) is 0 Å². The minimum Gasteiger partial charge on any atom is -0.395 e. The SMILES string of the molecule is Cc1ccc(CN(CCO)C2CCCCC2)nc1.